The fraction of sp³-hybridized carbons (Fsp3) is 0.111. The molecule has 4 nitrogen and oxygen atoms in total. The van der Waals surface area contributed by atoms with Crippen molar-refractivity contribution in [3.8, 4) is 0 Å². The van der Waals surface area contributed by atoms with E-state index < -0.39 is 16.4 Å². The summed E-state index contributed by atoms with van der Waals surface area (Å²) in [5.74, 6) is -0.880. The summed E-state index contributed by atoms with van der Waals surface area (Å²) in [5, 5.41) is 18.7. The molecule has 0 spiro atoms. The second-order valence-corrected chi connectivity index (χ2v) is 2.55. The molecule has 0 saturated carbocycles. The number of halogens is 1. The minimum Gasteiger partial charge on any atom is -0.392 e. The summed E-state index contributed by atoms with van der Waals surface area (Å²) in [4.78, 5) is 9.47. The Morgan fingerprint density at radius 3 is 2.79 bits per heavy atom. The standard InChI is InChI=1S/C9H8FNO3/c10-8-6-7(2-1-5-12)3-4-9(8)11(13)14/h1-4,6,12H,5H2. The third kappa shape index (κ3) is 2.37. The minimum atomic E-state index is -0.880. The van der Waals surface area contributed by atoms with E-state index in [-0.39, 0.29) is 6.61 Å². The van der Waals surface area contributed by atoms with Crippen LogP contribution in [0.25, 0.3) is 6.08 Å². The molecule has 0 atom stereocenters. The van der Waals surface area contributed by atoms with E-state index >= 15 is 0 Å². The van der Waals surface area contributed by atoms with Gasteiger partial charge in [-0.25, -0.2) is 0 Å². The van der Waals surface area contributed by atoms with Crippen LogP contribution in [-0.2, 0) is 0 Å². The minimum absolute atomic E-state index is 0.154. The zero-order valence-electron chi connectivity index (χ0n) is 7.18. The lowest BCUT2D eigenvalue weighted by molar-refractivity contribution is -0.387. The molecule has 74 valence electrons. The molecule has 1 N–H and O–H groups in total. The van der Waals surface area contributed by atoms with Crippen molar-refractivity contribution in [2.24, 2.45) is 0 Å². The molecular formula is C9H8FNO3. The summed E-state index contributed by atoms with van der Waals surface area (Å²) in [7, 11) is 0. The van der Waals surface area contributed by atoms with Gasteiger partial charge in [-0.1, -0.05) is 12.2 Å². The van der Waals surface area contributed by atoms with Gasteiger partial charge in [0.1, 0.15) is 0 Å². The first-order valence-electron chi connectivity index (χ1n) is 3.86. The number of aliphatic hydroxyl groups excluding tert-OH is 1. The molecule has 0 radical (unpaired) electrons. The van der Waals surface area contributed by atoms with Crippen molar-refractivity contribution in [3.05, 3.63) is 45.8 Å². The number of benzene rings is 1. The Morgan fingerprint density at radius 1 is 1.57 bits per heavy atom. The summed E-state index contributed by atoms with van der Waals surface area (Å²) in [6, 6.07) is 3.55. The van der Waals surface area contributed by atoms with Gasteiger partial charge in [-0.15, -0.1) is 0 Å². The highest BCUT2D eigenvalue weighted by Gasteiger charge is 2.12. The number of nitro groups is 1. The maximum Gasteiger partial charge on any atom is 0.304 e. The first kappa shape index (κ1) is 10.3. The highest BCUT2D eigenvalue weighted by Crippen LogP contribution is 2.18. The van der Waals surface area contributed by atoms with E-state index in [9.17, 15) is 14.5 Å². The van der Waals surface area contributed by atoms with Gasteiger partial charge in [-0.3, -0.25) is 10.1 Å². The van der Waals surface area contributed by atoms with E-state index in [1.807, 2.05) is 0 Å². The van der Waals surface area contributed by atoms with Gasteiger partial charge in [0, 0.05) is 6.07 Å². The molecule has 0 aliphatic carbocycles. The van der Waals surface area contributed by atoms with Gasteiger partial charge in [0.05, 0.1) is 11.5 Å². The number of hydrogen-bond acceptors (Lipinski definition) is 3. The number of aliphatic hydroxyl groups is 1. The maximum atomic E-state index is 13.0. The van der Waals surface area contributed by atoms with Crippen LogP contribution in [0.15, 0.2) is 24.3 Å². The molecule has 1 aromatic carbocycles. The lowest BCUT2D eigenvalue weighted by Gasteiger charge is -1.95. The number of nitrogens with zero attached hydrogens (tertiary/aromatic N) is 1. The van der Waals surface area contributed by atoms with E-state index in [0.717, 1.165) is 12.1 Å². The zero-order chi connectivity index (χ0) is 10.6. The molecule has 5 heteroatoms. The van der Waals surface area contributed by atoms with Crippen LogP contribution in [0.5, 0.6) is 0 Å². The molecule has 0 heterocycles. The summed E-state index contributed by atoms with van der Waals surface area (Å²) in [6.45, 7) is -0.154. The average molecular weight is 197 g/mol. The average Bonchev–Trinajstić information content (AvgIpc) is 2.14. The Hall–Kier alpha value is -1.75. The largest absolute Gasteiger partial charge is 0.392 e. The van der Waals surface area contributed by atoms with Gasteiger partial charge < -0.3 is 5.11 Å². The Kier molecular flexibility index (Phi) is 3.30. The van der Waals surface area contributed by atoms with Crippen LogP contribution in [0.4, 0.5) is 10.1 Å². The van der Waals surface area contributed by atoms with Crippen LogP contribution < -0.4 is 0 Å². The number of hydrogen-bond donors (Lipinski definition) is 1. The van der Waals surface area contributed by atoms with Crippen LogP contribution in [0.3, 0.4) is 0 Å². The molecule has 0 amide bonds. The van der Waals surface area contributed by atoms with E-state index in [4.69, 9.17) is 5.11 Å². The van der Waals surface area contributed by atoms with E-state index in [1.54, 1.807) is 0 Å². The van der Waals surface area contributed by atoms with Crippen LogP contribution >= 0.6 is 0 Å². The van der Waals surface area contributed by atoms with Gasteiger partial charge in [-0.05, 0) is 17.7 Å². The first-order chi connectivity index (χ1) is 6.65. The maximum absolute atomic E-state index is 13.0. The molecule has 0 aliphatic rings. The second kappa shape index (κ2) is 4.48. The SMILES string of the molecule is O=[N+]([O-])c1ccc(C=CCO)cc1F. The lowest BCUT2D eigenvalue weighted by Crippen LogP contribution is -1.92. The van der Waals surface area contributed by atoms with Crippen molar-refractivity contribution in [1.82, 2.24) is 0 Å². The number of nitro benzene ring substituents is 1. The van der Waals surface area contributed by atoms with Gasteiger partial charge >= 0.3 is 5.69 Å². The molecule has 0 saturated heterocycles. The molecule has 0 unspecified atom stereocenters. The molecule has 0 aromatic heterocycles. The lowest BCUT2D eigenvalue weighted by atomic mass is 10.2. The fourth-order valence-electron chi connectivity index (χ4n) is 0.964. The predicted molar refractivity (Wildman–Crippen MR) is 49.2 cm³/mol. The van der Waals surface area contributed by atoms with Crippen LogP contribution in [0, 0.1) is 15.9 Å². The third-order valence-electron chi connectivity index (χ3n) is 1.58. The molecule has 0 fully saturated rings. The van der Waals surface area contributed by atoms with Crippen LogP contribution in [0.2, 0.25) is 0 Å². The first-order valence-corrected chi connectivity index (χ1v) is 3.86. The predicted octanol–water partition coefficient (Wildman–Crippen LogP) is 1.74. The van der Waals surface area contributed by atoms with Crippen molar-refractivity contribution in [3.63, 3.8) is 0 Å². The normalized spacial score (nSPS) is 10.7. The highest BCUT2D eigenvalue weighted by atomic mass is 19.1. The molecule has 1 rings (SSSR count). The van der Waals surface area contributed by atoms with Crippen molar-refractivity contribution < 1.29 is 14.4 Å². The molecule has 0 aliphatic heterocycles. The van der Waals surface area contributed by atoms with E-state index in [0.29, 0.717) is 5.56 Å². The Morgan fingerprint density at radius 2 is 2.29 bits per heavy atom. The van der Waals surface area contributed by atoms with E-state index in [1.165, 1.54) is 18.2 Å². The van der Waals surface area contributed by atoms with E-state index in [2.05, 4.69) is 0 Å². The summed E-state index contributed by atoms with van der Waals surface area (Å²) in [6.07, 6.45) is 2.90. The summed E-state index contributed by atoms with van der Waals surface area (Å²) in [5.41, 5.74) is -0.0756. The molecule has 14 heavy (non-hydrogen) atoms. The van der Waals surface area contributed by atoms with Gasteiger partial charge in [0.2, 0.25) is 5.82 Å². The molecule has 1 aromatic rings. The van der Waals surface area contributed by atoms with Gasteiger partial charge in [-0.2, -0.15) is 4.39 Å². The fourth-order valence-corrected chi connectivity index (χ4v) is 0.964. The topological polar surface area (TPSA) is 63.4 Å². The van der Waals surface area contributed by atoms with Gasteiger partial charge in [0.15, 0.2) is 0 Å². The van der Waals surface area contributed by atoms with Crippen LogP contribution in [-0.4, -0.2) is 16.6 Å². The Labute approximate surface area is 79.4 Å². The van der Waals surface area contributed by atoms with Crippen molar-refractivity contribution in [2.45, 2.75) is 0 Å². The molecule has 0 bridgehead atoms. The Balaban J connectivity index is 3.00. The highest BCUT2D eigenvalue weighted by molar-refractivity contribution is 5.52. The summed E-state index contributed by atoms with van der Waals surface area (Å²) < 4.78 is 13.0. The molecular weight excluding hydrogens is 189 g/mol. The van der Waals surface area contributed by atoms with Crippen LogP contribution in [0.1, 0.15) is 5.56 Å². The third-order valence-corrected chi connectivity index (χ3v) is 1.58. The van der Waals surface area contributed by atoms with Gasteiger partial charge in [0.25, 0.3) is 0 Å². The van der Waals surface area contributed by atoms with Crippen molar-refractivity contribution in [2.75, 3.05) is 6.61 Å². The number of rotatable bonds is 3. The van der Waals surface area contributed by atoms with Crippen molar-refractivity contribution >= 4 is 11.8 Å². The van der Waals surface area contributed by atoms with Crippen molar-refractivity contribution in [1.29, 1.82) is 0 Å². The smallest absolute Gasteiger partial charge is 0.304 e. The zero-order valence-corrected chi connectivity index (χ0v) is 7.18. The monoisotopic (exact) mass is 197 g/mol. The Bertz CT molecular complexity index is 376. The second-order valence-electron chi connectivity index (χ2n) is 2.55. The quantitative estimate of drug-likeness (QED) is 0.592. The summed E-state index contributed by atoms with van der Waals surface area (Å²) >= 11 is 0.